The second-order valence-corrected chi connectivity index (χ2v) is 5.30. The second kappa shape index (κ2) is 9.34. The number of nitrogens with zero attached hydrogens (tertiary/aromatic N) is 1. The fourth-order valence-electron chi connectivity index (χ4n) is 2.25. The van der Waals surface area contributed by atoms with Crippen molar-refractivity contribution in [3.05, 3.63) is 0 Å². The van der Waals surface area contributed by atoms with E-state index < -0.39 is 6.10 Å². The van der Waals surface area contributed by atoms with E-state index in [1.165, 1.54) is 0 Å². The van der Waals surface area contributed by atoms with Crippen LogP contribution in [-0.4, -0.2) is 48.7 Å². The van der Waals surface area contributed by atoms with E-state index in [2.05, 4.69) is 38.2 Å². The molecule has 0 saturated heterocycles. The molecule has 0 aliphatic carbocycles. The van der Waals surface area contributed by atoms with E-state index in [1.807, 2.05) is 0 Å². The molecule has 0 heterocycles. The van der Waals surface area contributed by atoms with Gasteiger partial charge < -0.3 is 15.3 Å². The highest BCUT2D eigenvalue weighted by Gasteiger charge is 2.21. The maximum Gasteiger partial charge on any atom is 0.220 e. The Hall–Kier alpha value is -0.610. The van der Waals surface area contributed by atoms with E-state index in [0.717, 1.165) is 12.8 Å². The fourth-order valence-corrected chi connectivity index (χ4v) is 2.25. The van der Waals surface area contributed by atoms with Crippen molar-refractivity contribution in [2.45, 2.75) is 58.6 Å². The summed E-state index contributed by atoms with van der Waals surface area (Å²) in [7, 11) is 4.12. The van der Waals surface area contributed by atoms with E-state index in [4.69, 9.17) is 5.11 Å². The number of nitrogens with one attached hydrogen (secondary N) is 1. The number of amides is 1. The summed E-state index contributed by atoms with van der Waals surface area (Å²) >= 11 is 0. The summed E-state index contributed by atoms with van der Waals surface area (Å²) in [5.74, 6) is 0.644. The summed E-state index contributed by atoms with van der Waals surface area (Å²) in [6.45, 7) is 6.79. The summed E-state index contributed by atoms with van der Waals surface area (Å²) in [4.78, 5) is 13.8. The summed E-state index contributed by atoms with van der Waals surface area (Å²) in [6.07, 6.45) is 2.79. The number of carbonyl (C=O) groups excluding carboxylic acids is 1. The van der Waals surface area contributed by atoms with Crippen LogP contribution in [0.3, 0.4) is 0 Å². The molecule has 4 heteroatoms. The highest BCUT2D eigenvalue weighted by atomic mass is 16.3. The zero-order valence-corrected chi connectivity index (χ0v) is 12.6. The summed E-state index contributed by atoms with van der Waals surface area (Å²) in [5, 5.41) is 12.1. The van der Waals surface area contributed by atoms with E-state index in [1.54, 1.807) is 6.92 Å². The molecule has 0 aromatic heterocycles. The Kier molecular flexibility index (Phi) is 9.02. The molecular weight excluding hydrogens is 228 g/mol. The van der Waals surface area contributed by atoms with Crippen molar-refractivity contribution >= 4 is 5.91 Å². The minimum absolute atomic E-state index is 0.0358. The van der Waals surface area contributed by atoms with Gasteiger partial charge in [0.15, 0.2) is 0 Å². The van der Waals surface area contributed by atoms with Crippen molar-refractivity contribution in [2.24, 2.45) is 5.92 Å². The molecule has 0 aliphatic rings. The van der Waals surface area contributed by atoms with E-state index in [0.29, 0.717) is 31.3 Å². The highest BCUT2D eigenvalue weighted by molar-refractivity contribution is 5.75. The Morgan fingerprint density at radius 3 is 2.22 bits per heavy atom. The van der Waals surface area contributed by atoms with Gasteiger partial charge >= 0.3 is 0 Å². The third kappa shape index (κ3) is 6.97. The lowest BCUT2D eigenvalue weighted by Crippen LogP contribution is -2.44. The molecule has 0 fully saturated rings. The average Bonchev–Trinajstić information content (AvgIpc) is 2.31. The lowest BCUT2D eigenvalue weighted by Gasteiger charge is -2.31. The fraction of sp³-hybridized carbons (Fsp3) is 0.929. The van der Waals surface area contributed by atoms with Crippen LogP contribution < -0.4 is 5.32 Å². The largest absolute Gasteiger partial charge is 0.393 e. The first kappa shape index (κ1) is 17.4. The molecule has 0 radical (unpaired) electrons. The van der Waals surface area contributed by atoms with E-state index in [-0.39, 0.29) is 5.91 Å². The maximum absolute atomic E-state index is 11.6. The van der Waals surface area contributed by atoms with Crippen LogP contribution in [0.4, 0.5) is 0 Å². The monoisotopic (exact) mass is 258 g/mol. The normalized spacial score (nSPS) is 14.9. The molecule has 108 valence electrons. The Morgan fingerprint density at radius 2 is 1.83 bits per heavy atom. The first-order valence-electron chi connectivity index (χ1n) is 7.03. The van der Waals surface area contributed by atoms with Gasteiger partial charge in [0.25, 0.3) is 0 Å². The summed E-state index contributed by atoms with van der Waals surface area (Å²) < 4.78 is 0. The van der Waals surface area contributed by atoms with Crippen molar-refractivity contribution in [3.8, 4) is 0 Å². The minimum Gasteiger partial charge on any atom is -0.393 e. The van der Waals surface area contributed by atoms with Crippen molar-refractivity contribution in [3.63, 3.8) is 0 Å². The van der Waals surface area contributed by atoms with Gasteiger partial charge in [-0.2, -0.15) is 0 Å². The molecule has 0 rings (SSSR count). The molecule has 2 N–H and O–H groups in total. The predicted octanol–water partition coefficient (Wildman–Crippen LogP) is 1.63. The molecule has 18 heavy (non-hydrogen) atoms. The molecular formula is C14H30N2O2. The number of hydrogen-bond acceptors (Lipinski definition) is 3. The van der Waals surface area contributed by atoms with Gasteiger partial charge in [0.05, 0.1) is 6.10 Å². The lowest BCUT2D eigenvalue weighted by molar-refractivity contribution is -0.121. The molecule has 0 aliphatic heterocycles. The van der Waals surface area contributed by atoms with Gasteiger partial charge in [0.2, 0.25) is 5.91 Å². The van der Waals surface area contributed by atoms with Gasteiger partial charge in [0, 0.05) is 19.0 Å². The lowest BCUT2D eigenvalue weighted by atomic mass is 9.93. The number of carbonyl (C=O) groups is 1. The van der Waals surface area contributed by atoms with Crippen LogP contribution >= 0.6 is 0 Å². The molecule has 0 saturated carbocycles. The van der Waals surface area contributed by atoms with Crippen molar-refractivity contribution in [1.29, 1.82) is 0 Å². The van der Waals surface area contributed by atoms with Crippen LogP contribution in [0.1, 0.15) is 46.5 Å². The quantitative estimate of drug-likeness (QED) is 0.661. The van der Waals surface area contributed by atoms with Gasteiger partial charge in [-0.25, -0.2) is 0 Å². The van der Waals surface area contributed by atoms with Gasteiger partial charge in [-0.3, -0.25) is 4.79 Å². The standard InChI is InChI=1S/C14H30N2O2/c1-6-12(7-2)13(16(4)5)10-15-14(18)9-8-11(3)17/h11-13,17H,6-10H2,1-5H3,(H,15,18). The first-order valence-corrected chi connectivity index (χ1v) is 7.03. The number of likely N-dealkylation sites (N-methyl/N-ethyl adjacent to an activating group) is 1. The Morgan fingerprint density at radius 1 is 1.28 bits per heavy atom. The number of rotatable bonds is 9. The highest BCUT2D eigenvalue weighted by Crippen LogP contribution is 2.16. The zero-order valence-electron chi connectivity index (χ0n) is 12.6. The van der Waals surface area contributed by atoms with Crippen molar-refractivity contribution in [1.82, 2.24) is 10.2 Å². The molecule has 1 amide bonds. The van der Waals surface area contributed by atoms with Crippen LogP contribution in [0.15, 0.2) is 0 Å². The molecule has 0 bridgehead atoms. The number of hydrogen-bond donors (Lipinski definition) is 2. The third-order valence-electron chi connectivity index (χ3n) is 3.55. The van der Waals surface area contributed by atoms with Crippen LogP contribution in [0.25, 0.3) is 0 Å². The van der Waals surface area contributed by atoms with Gasteiger partial charge in [-0.15, -0.1) is 0 Å². The molecule has 2 unspecified atom stereocenters. The third-order valence-corrected chi connectivity index (χ3v) is 3.55. The summed E-state index contributed by atoms with van der Waals surface area (Å²) in [5.41, 5.74) is 0. The molecule has 0 aromatic rings. The number of aliphatic hydroxyl groups excluding tert-OH is 1. The Bertz CT molecular complexity index is 226. The van der Waals surface area contributed by atoms with E-state index >= 15 is 0 Å². The molecule has 4 nitrogen and oxygen atoms in total. The van der Waals surface area contributed by atoms with Crippen molar-refractivity contribution < 1.29 is 9.90 Å². The van der Waals surface area contributed by atoms with Crippen LogP contribution in [-0.2, 0) is 4.79 Å². The first-order chi connectivity index (χ1) is 8.42. The van der Waals surface area contributed by atoms with Crippen LogP contribution in [0.5, 0.6) is 0 Å². The van der Waals surface area contributed by atoms with E-state index in [9.17, 15) is 4.79 Å². The SMILES string of the molecule is CCC(CC)C(CNC(=O)CCC(C)O)N(C)C. The molecule has 0 spiro atoms. The smallest absolute Gasteiger partial charge is 0.220 e. The maximum atomic E-state index is 11.6. The minimum atomic E-state index is -0.403. The van der Waals surface area contributed by atoms with Crippen molar-refractivity contribution in [2.75, 3.05) is 20.6 Å². The van der Waals surface area contributed by atoms with Crippen LogP contribution in [0.2, 0.25) is 0 Å². The Balaban J connectivity index is 4.15. The van der Waals surface area contributed by atoms with Gasteiger partial charge in [-0.1, -0.05) is 26.7 Å². The zero-order chi connectivity index (χ0) is 14.1. The molecule has 2 atom stereocenters. The molecule has 0 aromatic carbocycles. The number of aliphatic hydroxyl groups is 1. The predicted molar refractivity (Wildman–Crippen MR) is 75.5 cm³/mol. The second-order valence-electron chi connectivity index (χ2n) is 5.30. The summed E-state index contributed by atoms with van der Waals surface area (Å²) in [6, 6.07) is 0.385. The average molecular weight is 258 g/mol. The topological polar surface area (TPSA) is 52.6 Å². The van der Waals surface area contributed by atoms with Crippen LogP contribution in [0, 0.1) is 5.92 Å². The van der Waals surface area contributed by atoms with Gasteiger partial charge in [0.1, 0.15) is 0 Å². The Labute approximate surface area is 112 Å². The van der Waals surface area contributed by atoms with Gasteiger partial charge in [-0.05, 0) is 33.4 Å².